The molecule has 1 aromatic carbocycles. The predicted octanol–water partition coefficient (Wildman–Crippen LogP) is 1.45. The highest BCUT2D eigenvalue weighted by Crippen LogP contribution is 2.11. The standard InChI is InChI=1S/C10H13NO4S/c1-2-15-10(12)8-4-3-5-9(6-8)11-7-16(13)14/h3-6,11H,2,7H2,1H3,(H,13,14). The second-order valence-corrected chi connectivity index (χ2v) is 3.88. The van der Waals surface area contributed by atoms with Crippen molar-refractivity contribution in [3.8, 4) is 0 Å². The highest BCUT2D eigenvalue weighted by molar-refractivity contribution is 7.79. The zero-order chi connectivity index (χ0) is 12.0. The average Bonchev–Trinajstić information content (AvgIpc) is 2.27. The van der Waals surface area contributed by atoms with Gasteiger partial charge in [-0.05, 0) is 25.1 Å². The third-order valence-electron chi connectivity index (χ3n) is 1.77. The summed E-state index contributed by atoms with van der Waals surface area (Å²) in [6.07, 6.45) is 0. The highest BCUT2D eigenvalue weighted by atomic mass is 32.2. The molecule has 0 amide bonds. The van der Waals surface area contributed by atoms with Crippen molar-refractivity contribution < 1.29 is 18.3 Å². The minimum Gasteiger partial charge on any atom is -0.462 e. The van der Waals surface area contributed by atoms with Crippen molar-refractivity contribution in [2.24, 2.45) is 0 Å². The number of ether oxygens (including phenoxy) is 1. The molecule has 0 aliphatic heterocycles. The van der Waals surface area contributed by atoms with Crippen LogP contribution in [0.3, 0.4) is 0 Å². The first kappa shape index (κ1) is 12.7. The van der Waals surface area contributed by atoms with E-state index in [9.17, 15) is 9.00 Å². The Hall–Kier alpha value is -1.40. The number of esters is 1. The van der Waals surface area contributed by atoms with Crippen LogP contribution in [0.1, 0.15) is 17.3 Å². The Bertz CT molecular complexity index is 394. The molecule has 2 N–H and O–H groups in total. The number of rotatable bonds is 5. The van der Waals surface area contributed by atoms with Gasteiger partial charge >= 0.3 is 5.97 Å². The number of hydrogen-bond donors (Lipinski definition) is 2. The van der Waals surface area contributed by atoms with Gasteiger partial charge in [-0.2, -0.15) is 0 Å². The molecule has 0 aliphatic carbocycles. The van der Waals surface area contributed by atoms with E-state index in [0.29, 0.717) is 17.9 Å². The van der Waals surface area contributed by atoms with Crippen molar-refractivity contribution in [3.05, 3.63) is 29.8 Å². The second kappa shape index (κ2) is 6.24. The van der Waals surface area contributed by atoms with E-state index in [4.69, 9.17) is 9.29 Å². The molecule has 0 radical (unpaired) electrons. The van der Waals surface area contributed by atoms with Gasteiger partial charge in [-0.25, -0.2) is 9.00 Å². The van der Waals surface area contributed by atoms with Gasteiger partial charge in [0.05, 0.1) is 12.2 Å². The van der Waals surface area contributed by atoms with Crippen LogP contribution in [0.25, 0.3) is 0 Å². The minimum atomic E-state index is -1.91. The van der Waals surface area contributed by atoms with Crippen LogP contribution in [0.5, 0.6) is 0 Å². The number of anilines is 1. The van der Waals surface area contributed by atoms with Crippen molar-refractivity contribution in [2.45, 2.75) is 6.92 Å². The van der Waals surface area contributed by atoms with Crippen molar-refractivity contribution in [2.75, 3.05) is 17.8 Å². The summed E-state index contributed by atoms with van der Waals surface area (Å²) in [5.41, 5.74) is 1.02. The average molecular weight is 243 g/mol. The third kappa shape index (κ3) is 4.00. The third-order valence-corrected chi connectivity index (χ3v) is 2.16. The number of carbonyl (C=O) groups excluding carboxylic acids is 1. The Balaban J connectivity index is 2.70. The second-order valence-electron chi connectivity index (χ2n) is 2.94. The Morgan fingerprint density at radius 2 is 2.31 bits per heavy atom. The molecule has 6 heteroatoms. The Morgan fingerprint density at radius 3 is 2.94 bits per heavy atom. The number of nitrogens with one attached hydrogen (secondary N) is 1. The maximum Gasteiger partial charge on any atom is 0.338 e. The molecule has 0 aromatic heterocycles. The van der Waals surface area contributed by atoms with Gasteiger partial charge in [-0.1, -0.05) is 6.07 Å². The van der Waals surface area contributed by atoms with Crippen LogP contribution >= 0.6 is 0 Å². The van der Waals surface area contributed by atoms with E-state index < -0.39 is 17.0 Å². The number of hydrogen-bond acceptors (Lipinski definition) is 4. The molecule has 16 heavy (non-hydrogen) atoms. The molecule has 1 unspecified atom stereocenters. The molecule has 0 spiro atoms. The first-order valence-corrected chi connectivity index (χ1v) is 5.99. The van der Waals surface area contributed by atoms with Crippen LogP contribution < -0.4 is 5.32 Å². The van der Waals surface area contributed by atoms with Crippen LogP contribution in [-0.2, 0) is 15.8 Å². The summed E-state index contributed by atoms with van der Waals surface area (Å²) in [6.45, 7) is 2.05. The molecular weight excluding hydrogens is 230 g/mol. The van der Waals surface area contributed by atoms with E-state index >= 15 is 0 Å². The van der Waals surface area contributed by atoms with Crippen molar-refractivity contribution in [3.63, 3.8) is 0 Å². The van der Waals surface area contributed by atoms with Crippen LogP contribution in [0, 0.1) is 0 Å². The van der Waals surface area contributed by atoms with Crippen molar-refractivity contribution in [1.29, 1.82) is 0 Å². The van der Waals surface area contributed by atoms with Gasteiger partial charge in [0, 0.05) is 5.69 Å². The monoisotopic (exact) mass is 243 g/mol. The van der Waals surface area contributed by atoms with Gasteiger partial charge in [0.25, 0.3) is 0 Å². The molecule has 1 atom stereocenters. The predicted molar refractivity (Wildman–Crippen MR) is 61.7 cm³/mol. The Kier molecular flexibility index (Phi) is 4.94. The van der Waals surface area contributed by atoms with Gasteiger partial charge in [-0.15, -0.1) is 0 Å². The lowest BCUT2D eigenvalue weighted by molar-refractivity contribution is 0.0526. The zero-order valence-electron chi connectivity index (χ0n) is 8.80. The molecule has 5 nitrogen and oxygen atoms in total. The molecule has 0 saturated carbocycles. The van der Waals surface area contributed by atoms with Crippen LogP contribution in [-0.4, -0.2) is 27.2 Å². The fourth-order valence-electron chi connectivity index (χ4n) is 1.12. The SMILES string of the molecule is CCOC(=O)c1cccc(NCS(=O)O)c1. The van der Waals surface area contributed by atoms with Crippen LogP contribution in [0.4, 0.5) is 5.69 Å². The summed E-state index contributed by atoms with van der Waals surface area (Å²) in [4.78, 5) is 11.4. The minimum absolute atomic E-state index is 0.0771. The van der Waals surface area contributed by atoms with E-state index in [2.05, 4.69) is 5.32 Å². The van der Waals surface area contributed by atoms with E-state index in [-0.39, 0.29) is 5.88 Å². The van der Waals surface area contributed by atoms with Gasteiger partial charge < -0.3 is 14.6 Å². The van der Waals surface area contributed by atoms with E-state index in [1.807, 2.05) is 0 Å². The van der Waals surface area contributed by atoms with Crippen LogP contribution in [0.15, 0.2) is 24.3 Å². The largest absolute Gasteiger partial charge is 0.462 e. The number of benzene rings is 1. The van der Waals surface area contributed by atoms with Gasteiger partial charge in [0.2, 0.25) is 0 Å². The molecular formula is C10H13NO4S. The first-order chi connectivity index (χ1) is 7.63. The van der Waals surface area contributed by atoms with Gasteiger partial charge in [0.15, 0.2) is 11.1 Å². The molecule has 0 aliphatic rings. The lowest BCUT2D eigenvalue weighted by Crippen LogP contribution is -2.09. The molecule has 0 bridgehead atoms. The van der Waals surface area contributed by atoms with Gasteiger partial charge in [0.1, 0.15) is 5.88 Å². The fraction of sp³-hybridized carbons (Fsp3) is 0.300. The van der Waals surface area contributed by atoms with Gasteiger partial charge in [-0.3, -0.25) is 0 Å². The molecule has 0 heterocycles. The molecule has 1 aromatic rings. The van der Waals surface area contributed by atoms with Crippen LogP contribution in [0.2, 0.25) is 0 Å². The van der Waals surface area contributed by atoms with E-state index in [0.717, 1.165) is 0 Å². The highest BCUT2D eigenvalue weighted by Gasteiger charge is 2.06. The summed E-state index contributed by atoms with van der Waals surface area (Å²) < 4.78 is 23.9. The lowest BCUT2D eigenvalue weighted by atomic mass is 10.2. The summed E-state index contributed by atoms with van der Waals surface area (Å²) in [7, 11) is 0. The quantitative estimate of drug-likeness (QED) is 0.604. The Morgan fingerprint density at radius 1 is 1.56 bits per heavy atom. The zero-order valence-corrected chi connectivity index (χ0v) is 9.62. The molecule has 0 saturated heterocycles. The van der Waals surface area contributed by atoms with Crippen molar-refractivity contribution >= 4 is 22.7 Å². The smallest absolute Gasteiger partial charge is 0.338 e. The first-order valence-electron chi connectivity index (χ1n) is 4.72. The maximum atomic E-state index is 11.4. The molecule has 0 fully saturated rings. The maximum absolute atomic E-state index is 11.4. The molecule has 1 rings (SSSR count). The molecule has 88 valence electrons. The van der Waals surface area contributed by atoms with Crippen molar-refractivity contribution in [1.82, 2.24) is 0 Å². The van der Waals surface area contributed by atoms with E-state index in [1.54, 1.807) is 31.2 Å². The normalized spacial score (nSPS) is 11.9. The summed E-state index contributed by atoms with van der Waals surface area (Å²) in [6, 6.07) is 6.58. The Labute approximate surface area is 96.1 Å². The van der Waals surface area contributed by atoms with E-state index in [1.165, 1.54) is 0 Å². The topological polar surface area (TPSA) is 75.6 Å². The summed E-state index contributed by atoms with van der Waals surface area (Å²) in [5, 5.41) is 2.72. The summed E-state index contributed by atoms with van der Waals surface area (Å²) >= 11 is -1.91. The summed E-state index contributed by atoms with van der Waals surface area (Å²) in [5.74, 6) is -0.483. The number of carbonyl (C=O) groups is 1. The fourth-order valence-corrected chi connectivity index (χ4v) is 1.41. The lowest BCUT2D eigenvalue weighted by Gasteiger charge is -2.06.